The second-order valence-corrected chi connectivity index (χ2v) is 4.84. The summed E-state index contributed by atoms with van der Waals surface area (Å²) in [6.45, 7) is 8.07. The van der Waals surface area contributed by atoms with Crippen LogP contribution in [0.2, 0.25) is 0 Å². The molecule has 1 fully saturated rings. The summed E-state index contributed by atoms with van der Waals surface area (Å²) < 4.78 is 0. The molecular weight excluding hydrogens is 273 g/mol. The number of hydrogen-bond donors (Lipinski definition) is 2. The zero-order valence-corrected chi connectivity index (χ0v) is 13.0. The number of hydrogen-bond acceptors (Lipinski definition) is 3. The lowest BCUT2D eigenvalue weighted by atomic mass is 10.0. The van der Waals surface area contributed by atoms with Gasteiger partial charge in [-0.15, -0.1) is 24.8 Å². The number of nitrogens with one attached hydrogen (secondary N) is 1. The van der Waals surface area contributed by atoms with E-state index >= 15 is 0 Å². The molecule has 4 nitrogen and oxygen atoms in total. The van der Waals surface area contributed by atoms with Crippen molar-refractivity contribution in [2.24, 2.45) is 11.7 Å². The first-order valence-electron chi connectivity index (χ1n) is 6.37. The van der Waals surface area contributed by atoms with Crippen molar-refractivity contribution < 1.29 is 4.79 Å². The Labute approximate surface area is 123 Å². The van der Waals surface area contributed by atoms with E-state index in [-0.39, 0.29) is 42.7 Å². The predicted octanol–water partition coefficient (Wildman–Crippen LogP) is 1.42. The minimum atomic E-state index is -0.0909. The van der Waals surface area contributed by atoms with Crippen LogP contribution in [0.3, 0.4) is 0 Å². The molecule has 1 rings (SSSR count). The van der Waals surface area contributed by atoms with E-state index in [4.69, 9.17) is 5.73 Å². The standard InChI is InChI=1S/C12H25N3O.2ClH/c1-10(11(2)13)12(16)14-6-5-9-15-7-3-4-8-15;;/h10-11H,3-9,13H2,1-2H3,(H,14,16);2*1H. The summed E-state index contributed by atoms with van der Waals surface area (Å²) in [6, 6.07) is -0.0708. The summed E-state index contributed by atoms with van der Waals surface area (Å²) in [5.41, 5.74) is 5.67. The van der Waals surface area contributed by atoms with Gasteiger partial charge in [0.2, 0.25) is 5.91 Å². The van der Waals surface area contributed by atoms with Crippen molar-refractivity contribution in [3.05, 3.63) is 0 Å². The number of rotatable bonds is 6. The zero-order valence-electron chi connectivity index (χ0n) is 11.4. The molecule has 1 saturated heterocycles. The molecule has 0 aliphatic carbocycles. The number of nitrogens with two attached hydrogens (primary N) is 1. The van der Waals surface area contributed by atoms with Gasteiger partial charge in [0.15, 0.2) is 0 Å². The molecule has 1 aliphatic heterocycles. The summed E-state index contributed by atoms with van der Waals surface area (Å²) >= 11 is 0. The zero-order chi connectivity index (χ0) is 12.0. The lowest BCUT2D eigenvalue weighted by Gasteiger charge is -2.17. The van der Waals surface area contributed by atoms with Crippen molar-refractivity contribution in [1.29, 1.82) is 0 Å². The maximum atomic E-state index is 11.6. The highest BCUT2D eigenvalue weighted by Crippen LogP contribution is 2.07. The molecule has 0 radical (unpaired) electrons. The highest BCUT2D eigenvalue weighted by atomic mass is 35.5. The van der Waals surface area contributed by atoms with Crippen LogP contribution in [0, 0.1) is 5.92 Å². The summed E-state index contributed by atoms with van der Waals surface area (Å²) in [6.07, 6.45) is 3.69. The van der Waals surface area contributed by atoms with Crippen LogP contribution in [-0.4, -0.2) is 43.0 Å². The molecule has 1 aliphatic rings. The number of carbonyl (C=O) groups excluding carboxylic acids is 1. The van der Waals surface area contributed by atoms with Gasteiger partial charge in [0.25, 0.3) is 0 Å². The first-order chi connectivity index (χ1) is 7.61. The summed E-state index contributed by atoms with van der Waals surface area (Å²) in [4.78, 5) is 14.0. The Morgan fingerprint density at radius 2 is 1.83 bits per heavy atom. The van der Waals surface area contributed by atoms with E-state index in [0.717, 1.165) is 19.5 Å². The van der Waals surface area contributed by atoms with Crippen molar-refractivity contribution >= 4 is 30.7 Å². The monoisotopic (exact) mass is 299 g/mol. The minimum Gasteiger partial charge on any atom is -0.356 e. The molecule has 18 heavy (non-hydrogen) atoms. The van der Waals surface area contributed by atoms with Crippen molar-refractivity contribution in [3.63, 3.8) is 0 Å². The quantitative estimate of drug-likeness (QED) is 0.729. The van der Waals surface area contributed by atoms with Gasteiger partial charge in [-0.25, -0.2) is 0 Å². The van der Waals surface area contributed by atoms with Gasteiger partial charge in [-0.2, -0.15) is 0 Å². The van der Waals surface area contributed by atoms with E-state index in [2.05, 4.69) is 10.2 Å². The van der Waals surface area contributed by atoms with Crippen molar-refractivity contribution in [2.45, 2.75) is 39.2 Å². The van der Waals surface area contributed by atoms with Crippen molar-refractivity contribution in [3.8, 4) is 0 Å². The van der Waals surface area contributed by atoms with Crippen LogP contribution >= 0.6 is 24.8 Å². The summed E-state index contributed by atoms with van der Waals surface area (Å²) in [7, 11) is 0. The fraction of sp³-hybridized carbons (Fsp3) is 0.917. The highest BCUT2D eigenvalue weighted by molar-refractivity contribution is 5.85. The molecule has 0 spiro atoms. The third-order valence-electron chi connectivity index (χ3n) is 3.35. The molecule has 6 heteroatoms. The molecule has 0 saturated carbocycles. The maximum absolute atomic E-state index is 11.6. The van der Waals surface area contributed by atoms with E-state index < -0.39 is 0 Å². The normalized spacial score (nSPS) is 18.4. The van der Waals surface area contributed by atoms with Gasteiger partial charge in [0, 0.05) is 18.5 Å². The fourth-order valence-electron chi connectivity index (χ4n) is 1.92. The van der Waals surface area contributed by atoms with Gasteiger partial charge >= 0.3 is 0 Å². The fourth-order valence-corrected chi connectivity index (χ4v) is 1.92. The molecule has 0 aromatic heterocycles. The number of nitrogens with zero attached hydrogens (tertiary/aromatic N) is 1. The van der Waals surface area contributed by atoms with Crippen LogP contribution in [0.25, 0.3) is 0 Å². The van der Waals surface area contributed by atoms with E-state index in [1.807, 2.05) is 13.8 Å². The maximum Gasteiger partial charge on any atom is 0.224 e. The smallest absolute Gasteiger partial charge is 0.224 e. The van der Waals surface area contributed by atoms with Gasteiger partial charge < -0.3 is 16.0 Å². The first-order valence-corrected chi connectivity index (χ1v) is 6.37. The Hall–Kier alpha value is -0.0300. The van der Waals surface area contributed by atoms with E-state index in [9.17, 15) is 4.79 Å². The lowest BCUT2D eigenvalue weighted by Crippen LogP contribution is -2.39. The lowest BCUT2D eigenvalue weighted by molar-refractivity contribution is -0.124. The Kier molecular flexibility index (Phi) is 12.2. The third-order valence-corrected chi connectivity index (χ3v) is 3.35. The Balaban J connectivity index is 0. The number of likely N-dealkylation sites (tertiary alicyclic amines) is 1. The predicted molar refractivity (Wildman–Crippen MR) is 80.6 cm³/mol. The molecule has 0 bridgehead atoms. The second kappa shape index (κ2) is 10.9. The number of amides is 1. The third kappa shape index (κ3) is 7.41. The largest absolute Gasteiger partial charge is 0.356 e. The molecular formula is C12H27Cl2N3O. The average Bonchev–Trinajstić information content (AvgIpc) is 2.75. The van der Waals surface area contributed by atoms with Crippen molar-refractivity contribution in [1.82, 2.24) is 10.2 Å². The van der Waals surface area contributed by atoms with Crippen LogP contribution in [0.4, 0.5) is 0 Å². The van der Waals surface area contributed by atoms with Crippen LogP contribution in [0.5, 0.6) is 0 Å². The van der Waals surface area contributed by atoms with E-state index in [1.54, 1.807) is 0 Å². The number of carbonyl (C=O) groups is 1. The molecule has 0 aromatic rings. The molecule has 2 atom stereocenters. The van der Waals surface area contributed by atoms with Crippen LogP contribution in [0.1, 0.15) is 33.1 Å². The summed E-state index contributed by atoms with van der Waals surface area (Å²) in [5, 5.41) is 2.94. The topological polar surface area (TPSA) is 58.4 Å². The van der Waals surface area contributed by atoms with Crippen LogP contribution in [0.15, 0.2) is 0 Å². The van der Waals surface area contributed by atoms with Gasteiger partial charge in [-0.1, -0.05) is 6.92 Å². The Morgan fingerprint density at radius 1 is 1.28 bits per heavy atom. The van der Waals surface area contributed by atoms with Gasteiger partial charge in [0.05, 0.1) is 0 Å². The van der Waals surface area contributed by atoms with Gasteiger partial charge in [-0.05, 0) is 45.8 Å². The van der Waals surface area contributed by atoms with E-state index in [1.165, 1.54) is 25.9 Å². The van der Waals surface area contributed by atoms with Gasteiger partial charge in [-0.3, -0.25) is 4.79 Å². The second-order valence-electron chi connectivity index (χ2n) is 4.84. The molecule has 2 unspecified atom stereocenters. The minimum absolute atomic E-state index is 0. The first kappa shape index (κ1) is 20.3. The molecule has 1 amide bonds. The van der Waals surface area contributed by atoms with Crippen LogP contribution < -0.4 is 11.1 Å². The molecule has 3 N–H and O–H groups in total. The van der Waals surface area contributed by atoms with Gasteiger partial charge in [0.1, 0.15) is 0 Å². The molecule has 110 valence electrons. The Morgan fingerprint density at radius 3 is 2.33 bits per heavy atom. The van der Waals surface area contributed by atoms with Crippen molar-refractivity contribution in [2.75, 3.05) is 26.2 Å². The number of halogens is 2. The van der Waals surface area contributed by atoms with Crippen LogP contribution in [-0.2, 0) is 4.79 Å². The summed E-state index contributed by atoms with van der Waals surface area (Å²) in [5.74, 6) is -0.0109. The molecule has 1 heterocycles. The SMILES string of the molecule is CC(N)C(C)C(=O)NCCCN1CCCC1.Cl.Cl. The average molecular weight is 300 g/mol. The Bertz CT molecular complexity index is 221. The highest BCUT2D eigenvalue weighted by Gasteiger charge is 2.16. The molecule has 0 aromatic carbocycles. The van der Waals surface area contributed by atoms with E-state index in [0.29, 0.717) is 0 Å².